The van der Waals surface area contributed by atoms with Crippen LogP contribution >= 0.6 is 0 Å². The Hall–Kier alpha value is -1.85. The summed E-state index contributed by atoms with van der Waals surface area (Å²) >= 11 is 0. The maximum Gasteiger partial charge on any atom is 0.336 e. The van der Waals surface area contributed by atoms with E-state index < -0.39 is 5.60 Å². The van der Waals surface area contributed by atoms with Crippen molar-refractivity contribution in [3.05, 3.63) is 40.8 Å². The molecule has 29 heavy (non-hydrogen) atoms. The molecule has 5 nitrogen and oxygen atoms in total. The summed E-state index contributed by atoms with van der Waals surface area (Å²) in [4.78, 5) is 11.5. The topological polar surface area (TPSA) is 79.9 Å². The van der Waals surface area contributed by atoms with Gasteiger partial charge in [-0.1, -0.05) is 20.8 Å². The van der Waals surface area contributed by atoms with Crippen molar-refractivity contribution in [1.29, 1.82) is 0 Å². The molecule has 5 heteroatoms. The Kier molecular flexibility index (Phi) is 4.82. The van der Waals surface area contributed by atoms with Crippen LogP contribution in [0.1, 0.15) is 53.4 Å². The van der Waals surface area contributed by atoms with Crippen molar-refractivity contribution in [1.82, 2.24) is 0 Å². The van der Waals surface area contributed by atoms with Gasteiger partial charge in [0.15, 0.2) is 0 Å². The molecule has 1 aromatic heterocycles. The summed E-state index contributed by atoms with van der Waals surface area (Å²) < 4.78 is 11.4. The first-order chi connectivity index (χ1) is 13.5. The summed E-state index contributed by atoms with van der Waals surface area (Å²) in [6.45, 7) is 8.87. The summed E-state index contributed by atoms with van der Waals surface area (Å²) in [5, 5.41) is 22.7. The van der Waals surface area contributed by atoms with E-state index in [0.29, 0.717) is 30.3 Å². The zero-order chi connectivity index (χ0) is 21.0. The van der Waals surface area contributed by atoms with E-state index in [2.05, 4.69) is 20.8 Å². The number of fused-ring (bicyclic) bond motifs is 2. The lowest BCUT2D eigenvalue weighted by atomic mass is 9.45. The van der Waals surface area contributed by atoms with Gasteiger partial charge in [0.05, 0.1) is 18.3 Å². The van der Waals surface area contributed by atoms with Crippen LogP contribution in [-0.4, -0.2) is 28.5 Å². The summed E-state index contributed by atoms with van der Waals surface area (Å²) in [5.74, 6) is 0.893. The first-order valence-electron chi connectivity index (χ1n) is 10.6. The lowest BCUT2D eigenvalue weighted by molar-refractivity contribution is -0.201. The van der Waals surface area contributed by atoms with Crippen molar-refractivity contribution in [2.45, 2.75) is 65.1 Å². The quantitative estimate of drug-likeness (QED) is 0.757. The third-order valence-electron chi connectivity index (χ3n) is 8.01. The number of aliphatic hydroxyl groups is 2. The molecule has 0 aliphatic heterocycles. The molecule has 1 heterocycles. The first kappa shape index (κ1) is 20.4. The minimum atomic E-state index is -0.826. The lowest BCUT2D eigenvalue weighted by Crippen LogP contribution is -2.61. The highest BCUT2D eigenvalue weighted by molar-refractivity contribution is 5.77. The van der Waals surface area contributed by atoms with E-state index in [0.717, 1.165) is 24.6 Å². The van der Waals surface area contributed by atoms with Crippen LogP contribution in [0.2, 0.25) is 0 Å². The maximum atomic E-state index is 11.5. The normalized spacial score (nSPS) is 36.6. The second kappa shape index (κ2) is 6.85. The highest BCUT2D eigenvalue weighted by Crippen LogP contribution is 2.61. The van der Waals surface area contributed by atoms with Gasteiger partial charge in [0, 0.05) is 23.4 Å². The number of ether oxygens (including phenoxy) is 1. The van der Waals surface area contributed by atoms with Crippen molar-refractivity contribution in [2.24, 2.45) is 22.7 Å². The molecule has 2 aliphatic carbocycles. The molecule has 2 saturated carbocycles. The molecule has 4 rings (SSSR count). The molecule has 0 amide bonds. The van der Waals surface area contributed by atoms with Gasteiger partial charge in [-0.3, -0.25) is 0 Å². The van der Waals surface area contributed by atoms with Crippen molar-refractivity contribution in [2.75, 3.05) is 6.61 Å². The van der Waals surface area contributed by atoms with E-state index in [1.165, 1.54) is 6.07 Å². The van der Waals surface area contributed by atoms with Crippen LogP contribution in [0.3, 0.4) is 0 Å². The summed E-state index contributed by atoms with van der Waals surface area (Å²) in [6.07, 6.45) is 2.91. The van der Waals surface area contributed by atoms with E-state index in [9.17, 15) is 15.0 Å². The zero-order valence-corrected chi connectivity index (χ0v) is 17.8. The van der Waals surface area contributed by atoms with Crippen molar-refractivity contribution >= 4 is 11.0 Å². The van der Waals surface area contributed by atoms with Crippen LogP contribution in [0.4, 0.5) is 0 Å². The van der Waals surface area contributed by atoms with Gasteiger partial charge < -0.3 is 19.4 Å². The molecule has 5 atom stereocenters. The minimum Gasteiger partial charge on any atom is -0.493 e. The molecule has 2 fully saturated rings. The SMILES string of the molecule is CC1(C)[C@H](O)CC[C@@]2(C)[C@@H]1CC[C@](C)(O)[C@@H]2COc1ccc2ccc(=O)oc2c1. The predicted molar refractivity (Wildman–Crippen MR) is 112 cm³/mol. The molecule has 2 aliphatic rings. The minimum absolute atomic E-state index is 0.0565. The number of rotatable bonds is 3. The summed E-state index contributed by atoms with van der Waals surface area (Å²) in [7, 11) is 0. The average molecular weight is 401 g/mol. The molecular formula is C24H32O5. The standard InChI is InChI=1S/C24H32O5/c1-22(2)18-9-12-24(4,27)19(23(18,3)11-10-20(22)25)14-28-16-7-5-15-6-8-21(26)29-17(15)13-16/h5-8,13,18-20,25,27H,9-12,14H2,1-4H3/t18-,19-,20-,23+,24+/m1/s1. The predicted octanol–water partition coefficient (Wildman–Crippen LogP) is 4.14. The van der Waals surface area contributed by atoms with Gasteiger partial charge in [-0.05, 0) is 67.6 Å². The molecule has 0 radical (unpaired) electrons. The number of aliphatic hydroxyl groups excluding tert-OH is 1. The molecule has 0 spiro atoms. The Balaban J connectivity index is 1.61. The fraction of sp³-hybridized carbons (Fsp3) is 0.625. The van der Waals surface area contributed by atoms with Crippen molar-refractivity contribution in [3.63, 3.8) is 0 Å². The van der Waals surface area contributed by atoms with Gasteiger partial charge in [-0.2, -0.15) is 0 Å². The van der Waals surface area contributed by atoms with Gasteiger partial charge >= 0.3 is 5.63 Å². The molecule has 0 unspecified atom stereocenters. The first-order valence-corrected chi connectivity index (χ1v) is 10.6. The Labute approximate surface area is 171 Å². The Morgan fingerprint density at radius 1 is 1.10 bits per heavy atom. The number of hydrogen-bond donors (Lipinski definition) is 2. The number of benzene rings is 1. The second-order valence-electron chi connectivity index (χ2n) is 10.1. The molecule has 0 saturated heterocycles. The van der Waals surface area contributed by atoms with E-state index in [1.807, 2.05) is 19.1 Å². The van der Waals surface area contributed by atoms with Crippen molar-refractivity contribution in [3.8, 4) is 5.75 Å². The van der Waals surface area contributed by atoms with E-state index in [4.69, 9.17) is 9.15 Å². The maximum absolute atomic E-state index is 11.5. The van der Waals surface area contributed by atoms with Gasteiger partial charge in [0.2, 0.25) is 0 Å². The van der Waals surface area contributed by atoms with Crippen LogP contribution in [0.25, 0.3) is 11.0 Å². The number of hydrogen-bond acceptors (Lipinski definition) is 5. The molecular weight excluding hydrogens is 368 g/mol. The third-order valence-corrected chi connectivity index (χ3v) is 8.01. The zero-order valence-electron chi connectivity index (χ0n) is 17.8. The van der Waals surface area contributed by atoms with Gasteiger partial charge in [-0.25, -0.2) is 4.79 Å². The third kappa shape index (κ3) is 3.38. The Morgan fingerprint density at radius 3 is 2.59 bits per heavy atom. The average Bonchev–Trinajstić information content (AvgIpc) is 2.64. The summed E-state index contributed by atoms with van der Waals surface area (Å²) in [6, 6.07) is 8.62. The smallest absolute Gasteiger partial charge is 0.336 e. The van der Waals surface area contributed by atoms with Crippen LogP contribution in [0.5, 0.6) is 5.75 Å². The molecule has 0 bridgehead atoms. The van der Waals surface area contributed by atoms with Crippen LogP contribution in [0, 0.1) is 22.7 Å². The molecule has 2 N–H and O–H groups in total. The van der Waals surface area contributed by atoms with E-state index >= 15 is 0 Å². The largest absolute Gasteiger partial charge is 0.493 e. The Morgan fingerprint density at radius 2 is 1.83 bits per heavy atom. The van der Waals surface area contributed by atoms with Gasteiger partial charge in [-0.15, -0.1) is 0 Å². The molecule has 1 aromatic carbocycles. The van der Waals surface area contributed by atoms with E-state index in [-0.39, 0.29) is 28.5 Å². The van der Waals surface area contributed by atoms with Crippen molar-refractivity contribution < 1.29 is 19.4 Å². The van der Waals surface area contributed by atoms with Gasteiger partial charge in [0.25, 0.3) is 0 Å². The lowest BCUT2D eigenvalue weighted by Gasteiger charge is -2.62. The summed E-state index contributed by atoms with van der Waals surface area (Å²) in [5.41, 5.74) is -1.02. The molecule has 158 valence electrons. The van der Waals surface area contributed by atoms with E-state index in [1.54, 1.807) is 12.1 Å². The van der Waals surface area contributed by atoms with Crippen LogP contribution in [0.15, 0.2) is 39.5 Å². The highest BCUT2D eigenvalue weighted by Gasteiger charge is 2.60. The molecule has 2 aromatic rings. The van der Waals surface area contributed by atoms with Crippen LogP contribution in [-0.2, 0) is 0 Å². The van der Waals surface area contributed by atoms with Gasteiger partial charge in [0.1, 0.15) is 11.3 Å². The second-order valence-corrected chi connectivity index (χ2v) is 10.1. The monoisotopic (exact) mass is 400 g/mol. The highest BCUT2D eigenvalue weighted by atomic mass is 16.5. The van der Waals surface area contributed by atoms with Crippen LogP contribution < -0.4 is 10.4 Å². The fourth-order valence-corrected chi connectivity index (χ4v) is 6.20. The fourth-order valence-electron chi connectivity index (χ4n) is 6.20. The Bertz CT molecular complexity index is 959.